The SMILES string of the molecule is CCC(=O)OCCOC.COC1CNOC1.COCCNC(C)=O.COCCOC(=O)C(C)(C)C.COCc1ccc(C(=O)OC)nc1. The molecule has 0 radical (unpaired) electrons. The van der Waals surface area contributed by atoms with Gasteiger partial charge in [0.2, 0.25) is 5.91 Å². The van der Waals surface area contributed by atoms with Crippen molar-refractivity contribution in [2.75, 3.05) is 95.4 Å². The largest absolute Gasteiger partial charge is 0.464 e. The summed E-state index contributed by atoms with van der Waals surface area (Å²) in [5.41, 5.74) is 3.52. The van der Waals surface area contributed by atoms with E-state index in [1.807, 2.05) is 20.8 Å². The summed E-state index contributed by atoms with van der Waals surface area (Å²) < 4.78 is 37.9. The molecule has 1 atom stereocenters. The molecule has 1 unspecified atom stereocenters. The predicted molar refractivity (Wildman–Crippen MR) is 177 cm³/mol. The van der Waals surface area contributed by atoms with Crippen LogP contribution in [0.2, 0.25) is 0 Å². The summed E-state index contributed by atoms with van der Waals surface area (Å²) in [4.78, 5) is 51.3. The number of esters is 3. The lowest BCUT2D eigenvalue weighted by molar-refractivity contribution is -0.154. The Morgan fingerprint density at radius 2 is 1.50 bits per heavy atom. The molecule has 0 saturated carbocycles. The molecule has 1 aliphatic rings. The van der Waals surface area contributed by atoms with E-state index in [2.05, 4.69) is 34.7 Å². The number of rotatable bonds is 14. The van der Waals surface area contributed by atoms with Gasteiger partial charge in [0.1, 0.15) is 18.9 Å². The van der Waals surface area contributed by atoms with Gasteiger partial charge < -0.3 is 43.2 Å². The van der Waals surface area contributed by atoms with E-state index in [0.717, 1.165) is 12.1 Å². The van der Waals surface area contributed by atoms with Crippen LogP contribution >= 0.6 is 0 Å². The van der Waals surface area contributed by atoms with Crippen molar-refractivity contribution in [1.82, 2.24) is 15.8 Å². The standard InChI is InChI=1S/C9H11NO3.C8H16O3.C6H12O3.C5H11NO2.C4H9NO2/c1-12-6-7-3-4-8(10-5-7)9(11)13-2;1-8(2,3)7(9)11-6-5-10-4;1-3-6(7)9-5-4-8-2;1-5(7)6-3-4-8-2;1-6-4-2-5-7-3-4/h3-5H,6H2,1-2H3;5-6H2,1-4H3;3-5H2,1-2H3;3-4H2,1-2H3,(H,6,7);4-5H,2-3H2,1H3. The molecule has 1 aromatic rings. The first-order valence-electron chi connectivity index (χ1n) is 15.2. The van der Waals surface area contributed by atoms with Crippen LogP contribution in [0.25, 0.3) is 0 Å². The topological polar surface area (TPSA) is 188 Å². The number of methoxy groups -OCH3 is 6. The van der Waals surface area contributed by atoms with Crippen molar-refractivity contribution in [3.8, 4) is 0 Å². The fourth-order valence-corrected chi connectivity index (χ4v) is 2.52. The molecule has 0 aromatic carbocycles. The molecule has 2 N–H and O–H groups in total. The molecule has 16 nitrogen and oxygen atoms in total. The zero-order valence-electron chi connectivity index (χ0n) is 30.6. The average molecular weight is 694 g/mol. The third-order valence-electron chi connectivity index (χ3n) is 5.20. The van der Waals surface area contributed by atoms with Crippen LogP contribution in [0.15, 0.2) is 18.3 Å². The quantitative estimate of drug-likeness (QED) is 0.164. The van der Waals surface area contributed by atoms with E-state index in [4.69, 9.17) is 23.8 Å². The van der Waals surface area contributed by atoms with Gasteiger partial charge in [0.25, 0.3) is 0 Å². The van der Waals surface area contributed by atoms with Gasteiger partial charge in [-0.1, -0.05) is 13.0 Å². The molecule has 1 fully saturated rings. The smallest absolute Gasteiger partial charge is 0.356 e. The van der Waals surface area contributed by atoms with Crippen LogP contribution in [0.1, 0.15) is 57.1 Å². The Kier molecular flexibility index (Phi) is 34.4. The van der Waals surface area contributed by atoms with Gasteiger partial charge in [-0.05, 0) is 32.4 Å². The monoisotopic (exact) mass is 693 g/mol. The molecular weight excluding hydrogens is 634 g/mol. The van der Waals surface area contributed by atoms with Crippen molar-refractivity contribution in [2.45, 2.75) is 53.8 Å². The van der Waals surface area contributed by atoms with Crippen molar-refractivity contribution in [3.63, 3.8) is 0 Å². The average Bonchev–Trinajstić information content (AvgIpc) is 3.60. The van der Waals surface area contributed by atoms with Crippen molar-refractivity contribution in [3.05, 3.63) is 29.6 Å². The van der Waals surface area contributed by atoms with E-state index in [1.54, 1.807) is 60.8 Å². The van der Waals surface area contributed by atoms with E-state index in [1.165, 1.54) is 14.0 Å². The minimum absolute atomic E-state index is 0.0120. The van der Waals surface area contributed by atoms with Gasteiger partial charge in [0.15, 0.2) is 0 Å². The van der Waals surface area contributed by atoms with Crippen LogP contribution in [0, 0.1) is 5.41 Å². The number of ether oxygens (including phenoxy) is 8. The Morgan fingerprint density at radius 3 is 1.88 bits per heavy atom. The van der Waals surface area contributed by atoms with Crippen LogP contribution in [-0.2, 0) is 63.7 Å². The number of pyridine rings is 1. The molecule has 280 valence electrons. The highest BCUT2D eigenvalue weighted by molar-refractivity contribution is 5.86. The predicted octanol–water partition coefficient (Wildman–Crippen LogP) is 2.13. The molecule has 1 amide bonds. The number of hydrogen-bond acceptors (Lipinski definition) is 15. The Labute approximate surface area is 285 Å². The van der Waals surface area contributed by atoms with Crippen LogP contribution in [0.5, 0.6) is 0 Å². The molecule has 48 heavy (non-hydrogen) atoms. The maximum Gasteiger partial charge on any atom is 0.356 e. The second-order valence-electron chi connectivity index (χ2n) is 10.4. The van der Waals surface area contributed by atoms with Crippen molar-refractivity contribution >= 4 is 23.8 Å². The fraction of sp³-hybridized carbons (Fsp3) is 0.719. The molecule has 16 heteroatoms. The number of nitrogens with zero attached hydrogens (tertiary/aromatic N) is 1. The molecule has 2 rings (SSSR count). The lowest BCUT2D eigenvalue weighted by Gasteiger charge is -2.15. The summed E-state index contributed by atoms with van der Waals surface area (Å²) >= 11 is 0. The highest BCUT2D eigenvalue weighted by Crippen LogP contribution is 2.14. The minimum atomic E-state index is -0.427. The summed E-state index contributed by atoms with van der Waals surface area (Å²) in [7, 11) is 9.36. The van der Waals surface area contributed by atoms with Gasteiger partial charge in [-0.2, -0.15) is 5.48 Å². The third-order valence-corrected chi connectivity index (χ3v) is 5.20. The number of amides is 1. The van der Waals surface area contributed by atoms with Gasteiger partial charge in [-0.3, -0.25) is 19.2 Å². The molecule has 1 saturated heterocycles. The molecule has 0 spiro atoms. The normalized spacial score (nSPS) is 12.9. The van der Waals surface area contributed by atoms with Gasteiger partial charge in [-0.25, -0.2) is 9.78 Å². The molecule has 0 bridgehead atoms. The van der Waals surface area contributed by atoms with Gasteiger partial charge >= 0.3 is 17.9 Å². The molecular formula is C32H59N3O13. The minimum Gasteiger partial charge on any atom is -0.464 e. The summed E-state index contributed by atoms with van der Waals surface area (Å²) in [5.74, 6) is -0.799. The first-order valence-corrected chi connectivity index (χ1v) is 15.2. The number of carbonyl (C=O) groups excluding carboxylic acids is 4. The lowest BCUT2D eigenvalue weighted by Crippen LogP contribution is -2.24. The number of hydroxylamine groups is 1. The second-order valence-corrected chi connectivity index (χ2v) is 10.4. The number of hydrogen-bond donors (Lipinski definition) is 2. The number of aromatic nitrogens is 1. The Hall–Kier alpha value is -3.25. The van der Waals surface area contributed by atoms with E-state index >= 15 is 0 Å². The second kappa shape index (κ2) is 33.6. The summed E-state index contributed by atoms with van der Waals surface area (Å²) in [5, 5.41) is 2.58. The van der Waals surface area contributed by atoms with Crippen LogP contribution < -0.4 is 10.8 Å². The molecule has 2 heterocycles. The van der Waals surface area contributed by atoms with Gasteiger partial charge in [0, 0.05) is 68.2 Å². The van der Waals surface area contributed by atoms with Crippen molar-refractivity contribution in [2.24, 2.45) is 5.41 Å². The zero-order valence-corrected chi connectivity index (χ0v) is 30.6. The Morgan fingerprint density at radius 1 is 0.896 bits per heavy atom. The third kappa shape index (κ3) is 32.7. The number of carbonyl (C=O) groups is 4. The maximum absolute atomic E-state index is 11.1. The summed E-state index contributed by atoms with van der Waals surface area (Å²) in [6.45, 7) is 13.5. The van der Waals surface area contributed by atoms with E-state index in [9.17, 15) is 19.2 Å². The molecule has 0 aliphatic carbocycles. The highest BCUT2D eigenvalue weighted by Gasteiger charge is 2.22. The van der Waals surface area contributed by atoms with Crippen LogP contribution in [-0.4, -0.2) is 130 Å². The van der Waals surface area contributed by atoms with Crippen LogP contribution in [0.4, 0.5) is 0 Å². The summed E-state index contributed by atoms with van der Waals surface area (Å²) in [6.07, 6.45) is 2.29. The van der Waals surface area contributed by atoms with E-state index in [-0.39, 0.29) is 23.9 Å². The van der Waals surface area contributed by atoms with E-state index < -0.39 is 11.4 Å². The highest BCUT2D eigenvalue weighted by atomic mass is 16.7. The Bertz CT molecular complexity index is 936. The van der Waals surface area contributed by atoms with Crippen molar-refractivity contribution in [1.29, 1.82) is 0 Å². The summed E-state index contributed by atoms with van der Waals surface area (Å²) in [6, 6.07) is 3.39. The van der Waals surface area contributed by atoms with Crippen molar-refractivity contribution < 1.29 is 61.9 Å². The fourth-order valence-electron chi connectivity index (χ4n) is 2.52. The maximum atomic E-state index is 11.1. The van der Waals surface area contributed by atoms with E-state index in [0.29, 0.717) is 64.9 Å². The lowest BCUT2D eigenvalue weighted by atomic mass is 9.97. The first kappa shape index (κ1) is 49.1. The van der Waals surface area contributed by atoms with Gasteiger partial charge in [0.05, 0.1) is 51.7 Å². The molecule has 1 aromatic heterocycles. The Balaban J connectivity index is -0.000000537. The zero-order chi connectivity index (χ0) is 37.2. The first-order chi connectivity index (χ1) is 22.8. The van der Waals surface area contributed by atoms with Gasteiger partial charge in [-0.15, -0.1) is 0 Å². The molecule has 1 aliphatic heterocycles. The van der Waals surface area contributed by atoms with Crippen LogP contribution in [0.3, 0.4) is 0 Å². The number of nitrogens with one attached hydrogen (secondary N) is 2.